The van der Waals surface area contributed by atoms with Crippen LogP contribution in [0, 0.1) is 6.92 Å². The Morgan fingerprint density at radius 2 is 2.14 bits per heavy atom. The summed E-state index contributed by atoms with van der Waals surface area (Å²) >= 11 is 0. The van der Waals surface area contributed by atoms with Crippen molar-refractivity contribution < 1.29 is 0 Å². The van der Waals surface area contributed by atoms with Crippen LogP contribution in [0.2, 0.25) is 0 Å². The van der Waals surface area contributed by atoms with E-state index in [4.69, 9.17) is 0 Å². The van der Waals surface area contributed by atoms with Gasteiger partial charge in [-0.25, -0.2) is 15.0 Å². The van der Waals surface area contributed by atoms with Gasteiger partial charge in [0.1, 0.15) is 17.5 Å². The summed E-state index contributed by atoms with van der Waals surface area (Å²) in [6, 6.07) is 8.07. The number of anilines is 1. The van der Waals surface area contributed by atoms with E-state index < -0.39 is 0 Å². The Bertz CT molecular complexity index is 788. The highest BCUT2D eigenvalue weighted by Crippen LogP contribution is 2.38. The zero-order chi connectivity index (χ0) is 14.2. The lowest BCUT2D eigenvalue weighted by molar-refractivity contribution is 0.912. The van der Waals surface area contributed by atoms with E-state index in [2.05, 4.69) is 44.3 Å². The Morgan fingerprint density at radius 3 is 2.95 bits per heavy atom. The second-order valence-electron chi connectivity index (χ2n) is 5.58. The lowest BCUT2D eigenvalue weighted by Gasteiger charge is -2.04. The number of nitrogens with zero attached hydrogens (tertiary/aromatic N) is 3. The summed E-state index contributed by atoms with van der Waals surface area (Å²) in [5.74, 6) is 3.32. The van der Waals surface area contributed by atoms with E-state index in [1.165, 1.54) is 18.4 Å². The van der Waals surface area contributed by atoms with Gasteiger partial charge in [0.2, 0.25) is 0 Å². The van der Waals surface area contributed by atoms with Gasteiger partial charge < -0.3 is 10.3 Å². The Balaban J connectivity index is 1.52. The maximum Gasteiger partial charge on any atom is 0.133 e. The number of hydrogen-bond acceptors (Lipinski definition) is 4. The van der Waals surface area contributed by atoms with Gasteiger partial charge in [0.25, 0.3) is 0 Å². The number of aryl methyl sites for hydroxylation is 1. The molecule has 3 aromatic rings. The summed E-state index contributed by atoms with van der Waals surface area (Å²) in [6.07, 6.45) is 4.25. The average Bonchev–Trinajstić information content (AvgIpc) is 3.26. The lowest BCUT2D eigenvalue weighted by Crippen LogP contribution is -2.04. The fourth-order valence-electron chi connectivity index (χ4n) is 2.50. The van der Waals surface area contributed by atoms with Gasteiger partial charge in [-0.05, 0) is 37.5 Å². The van der Waals surface area contributed by atoms with E-state index in [0.29, 0.717) is 12.5 Å². The Morgan fingerprint density at radius 1 is 1.24 bits per heavy atom. The van der Waals surface area contributed by atoms with Crippen LogP contribution in [0.5, 0.6) is 0 Å². The van der Waals surface area contributed by atoms with Crippen LogP contribution in [0.3, 0.4) is 0 Å². The standard InChI is InChI=1S/C16H17N5/c1-10-3-2-4-12-15(10)20-14(19-12)9-18-13-7-8-17-16(21-13)11-5-6-11/h2-4,7-8,11H,5-6,9H2,1H3,(H,19,20)(H,17,18,21). The molecule has 0 spiro atoms. The molecule has 1 saturated carbocycles. The van der Waals surface area contributed by atoms with Crippen molar-refractivity contribution in [2.24, 2.45) is 0 Å². The van der Waals surface area contributed by atoms with E-state index >= 15 is 0 Å². The van der Waals surface area contributed by atoms with Crippen molar-refractivity contribution in [2.75, 3.05) is 5.32 Å². The molecule has 2 heterocycles. The summed E-state index contributed by atoms with van der Waals surface area (Å²) in [5, 5.41) is 3.32. The zero-order valence-electron chi connectivity index (χ0n) is 11.9. The second kappa shape index (κ2) is 4.84. The third kappa shape index (κ3) is 2.46. The van der Waals surface area contributed by atoms with Crippen LogP contribution in [0.15, 0.2) is 30.5 Å². The molecule has 0 aliphatic heterocycles. The largest absolute Gasteiger partial charge is 0.363 e. The lowest BCUT2D eigenvalue weighted by atomic mass is 10.2. The number of H-pyrrole nitrogens is 1. The molecule has 0 saturated heterocycles. The highest BCUT2D eigenvalue weighted by atomic mass is 15.1. The van der Waals surface area contributed by atoms with E-state index in [-0.39, 0.29) is 0 Å². The Hall–Kier alpha value is -2.43. The number of nitrogens with one attached hydrogen (secondary N) is 2. The summed E-state index contributed by atoms with van der Waals surface area (Å²) in [4.78, 5) is 16.9. The molecule has 106 valence electrons. The highest BCUT2D eigenvalue weighted by Gasteiger charge is 2.26. The zero-order valence-corrected chi connectivity index (χ0v) is 11.9. The first-order chi connectivity index (χ1) is 10.3. The van der Waals surface area contributed by atoms with Crippen molar-refractivity contribution >= 4 is 16.9 Å². The van der Waals surface area contributed by atoms with Gasteiger partial charge in [-0.1, -0.05) is 12.1 Å². The number of aromatic amines is 1. The minimum Gasteiger partial charge on any atom is -0.363 e. The van der Waals surface area contributed by atoms with E-state index in [0.717, 1.165) is 28.5 Å². The van der Waals surface area contributed by atoms with Gasteiger partial charge in [0.05, 0.1) is 17.6 Å². The molecule has 2 N–H and O–H groups in total. The number of aromatic nitrogens is 4. The fraction of sp³-hybridized carbons (Fsp3) is 0.312. The number of imidazole rings is 1. The van der Waals surface area contributed by atoms with Crippen molar-refractivity contribution in [3.8, 4) is 0 Å². The van der Waals surface area contributed by atoms with Crippen LogP contribution in [-0.2, 0) is 6.54 Å². The maximum atomic E-state index is 4.64. The predicted molar refractivity (Wildman–Crippen MR) is 82.2 cm³/mol. The molecule has 2 aromatic heterocycles. The average molecular weight is 279 g/mol. The van der Waals surface area contributed by atoms with Crippen molar-refractivity contribution in [3.63, 3.8) is 0 Å². The van der Waals surface area contributed by atoms with Crippen LogP contribution in [0.1, 0.15) is 36.0 Å². The third-order valence-corrected chi connectivity index (χ3v) is 3.82. The predicted octanol–water partition coefficient (Wildman–Crippen LogP) is 3.15. The SMILES string of the molecule is Cc1cccc2[nH]c(CNc3ccnc(C4CC4)n3)nc12. The monoisotopic (exact) mass is 279 g/mol. The molecule has 0 amide bonds. The maximum absolute atomic E-state index is 4.64. The summed E-state index contributed by atoms with van der Waals surface area (Å²) in [7, 11) is 0. The topological polar surface area (TPSA) is 66.5 Å². The molecule has 5 nitrogen and oxygen atoms in total. The Kier molecular flexibility index (Phi) is 2.84. The second-order valence-corrected chi connectivity index (χ2v) is 5.58. The van der Waals surface area contributed by atoms with Crippen LogP contribution < -0.4 is 5.32 Å². The third-order valence-electron chi connectivity index (χ3n) is 3.82. The van der Waals surface area contributed by atoms with Crippen molar-refractivity contribution in [1.82, 2.24) is 19.9 Å². The molecular weight excluding hydrogens is 262 g/mol. The molecule has 1 aliphatic carbocycles. The summed E-state index contributed by atoms with van der Waals surface area (Å²) in [5.41, 5.74) is 3.30. The number of para-hydroxylation sites is 1. The van der Waals surface area contributed by atoms with Crippen LogP contribution in [0.4, 0.5) is 5.82 Å². The minimum absolute atomic E-state index is 0.570. The molecule has 0 radical (unpaired) electrons. The van der Waals surface area contributed by atoms with Gasteiger partial charge >= 0.3 is 0 Å². The summed E-state index contributed by atoms with van der Waals surface area (Å²) in [6.45, 7) is 2.71. The normalized spacial score (nSPS) is 14.5. The molecule has 1 fully saturated rings. The van der Waals surface area contributed by atoms with Crippen LogP contribution in [-0.4, -0.2) is 19.9 Å². The molecule has 1 aliphatic rings. The molecule has 4 rings (SSSR count). The van der Waals surface area contributed by atoms with E-state index in [1.54, 1.807) is 0 Å². The molecule has 0 unspecified atom stereocenters. The van der Waals surface area contributed by atoms with Crippen molar-refractivity contribution in [3.05, 3.63) is 47.7 Å². The molecule has 1 aromatic carbocycles. The quantitative estimate of drug-likeness (QED) is 0.770. The van der Waals surface area contributed by atoms with Crippen LogP contribution >= 0.6 is 0 Å². The van der Waals surface area contributed by atoms with Gasteiger partial charge in [-0.2, -0.15) is 0 Å². The van der Waals surface area contributed by atoms with Crippen molar-refractivity contribution in [2.45, 2.75) is 32.2 Å². The van der Waals surface area contributed by atoms with Crippen LogP contribution in [0.25, 0.3) is 11.0 Å². The van der Waals surface area contributed by atoms with Gasteiger partial charge in [0.15, 0.2) is 0 Å². The molecule has 0 atom stereocenters. The number of rotatable bonds is 4. The first-order valence-corrected chi connectivity index (χ1v) is 7.30. The molecule has 0 bridgehead atoms. The van der Waals surface area contributed by atoms with E-state index in [9.17, 15) is 0 Å². The first kappa shape index (κ1) is 12.3. The fourth-order valence-corrected chi connectivity index (χ4v) is 2.50. The smallest absolute Gasteiger partial charge is 0.133 e. The Labute approximate surface area is 122 Å². The minimum atomic E-state index is 0.570. The molecular formula is C16H17N5. The van der Waals surface area contributed by atoms with Crippen molar-refractivity contribution in [1.29, 1.82) is 0 Å². The molecule has 5 heteroatoms. The first-order valence-electron chi connectivity index (χ1n) is 7.30. The number of hydrogen-bond donors (Lipinski definition) is 2. The van der Waals surface area contributed by atoms with Gasteiger partial charge in [-0.3, -0.25) is 0 Å². The highest BCUT2D eigenvalue weighted by molar-refractivity contribution is 5.78. The van der Waals surface area contributed by atoms with E-state index in [1.807, 2.05) is 18.3 Å². The number of fused-ring (bicyclic) bond motifs is 1. The summed E-state index contributed by atoms with van der Waals surface area (Å²) < 4.78 is 0. The van der Waals surface area contributed by atoms with Gasteiger partial charge in [0, 0.05) is 12.1 Å². The van der Waals surface area contributed by atoms with Gasteiger partial charge in [-0.15, -0.1) is 0 Å². The molecule has 21 heavy (non-hydrogen) atoms. The number of benzene rings is 1.